The Morgan fingerprint density at radius 2 is 1.77 bits per heavy atom. The van der Waals surface area contributed by atoms with Crippen molar-refractivity contribution in [3.8, 4) is 5.75 Å². The molecule has 0 radical (unpaired) electrons. The molecule has 31 heavy (non-hydrogen) atoms. The molecule has 0 spiro atoms. The van der Waals surface area contributed by atoms with Crippen molar-refractivity contribution in [2.24, 2.45) is 4.99 Å². The van der Waals surface area contributed by atoms with Gasteiger partial charge >= 0.3 is 0 Å². The van der Waals surface area contributed by atoms with Crippen LogP contribution in [0, 0.1) is 5.82 Å². The summed E-state index contributed by atoms with van der Waals surface area (Å²) < 4.78 is 43.2. The van der Waals surface area contributed by atoms with Crippen LogP contribution in [0.1, 0.15) is 25.8 Å². The number of hydrogen-bond donors (Lipinski definition) is 2. The molecular formula is C22H31FIN3O3S. The first-order chi connectivity index (χ1) is 14.4. The topological polar surface area (TPSA) is 79.8 Å². The van der Waals surface area contributed by atoms with Crippen molar-refractivity contribution in [3.63, 3.8) is 0 Å². The quantitative estimate of drug-likeness (QED) is 0.188. The third-order valence-corrected chi connectivity index (χ3v) is 5.84. The molecule has 1 atom stereocenters. The fourth-order valence-electron chi connectivity index (χ4n) is 2.74. The fraction of sp³-hybridized carbons (Fsp3) is 0.409. The molecule has 0 bridgehead atoms. The van der Waals surface area contributed by atoms with Gasteiger partial charge in [0.25, 0.3) is 0 Å². The van der Waals surface area contributed by atoms with Gasteiger partial charge in [-0.15, -0.1) is 24.0 Å². The highest BCUT2D eigenvalue weighted by molar-refractivity contribution is 14.0. The molecule has 0 amide bonds. The van der Waals surface area contributed by atoms with Crippen LogP contribution in [0.3, 0.4) is 0 Å². The van der Waals surface area contributed by atoms with Crippen LogP contribution in [-0.2, 0) is 15.6 Å². The molecule has 0 saturated heterocycles. The number of ether oxygens (including phenoxy) is 1. The van der Waals surface area contributed by atoms with Crippen LogP contribution in [0.4, 0.5) is 4.39 Å². The summed E-state index contributed by atoms with van der Waals surface area (Å²) in [7, 11) is -3.16. The van der Waals surface area contributed by atoms with Gasteiger partial charge < -0.3 is 15.4 Å². The molecule has 2 rings (SSSR count). The maximum atomic E-state index is 13.0. The normalized spacial score (nSPS) is 12.5. The lowest BCUT2D eigenvalue weighted by atomic mass is 10.2. The smallest absolute Gasteiger partial charge is 0.191 e. The number of hydrogen-bond acceptors (Lipinski definition) is 4. The minimum Gasteiger partial charge on any atom is -0.489 e. The van der Waals surface area contributed by atoms with E-state index in [1.54, 1.807) is 12.1 Å². The number of nitrogens with zero attached hydrogens (tertiary/aromatic N) is 1. The van der Waals surface area contributed by atoms with E-state index in [1.807, 2.05) is 44.2 Å². The van der Waals surface area contributed by atoms with Crippen LogP contribution in [0.2, 0.25) is 0 Å². The van der Waals surface area contributed by atoms with Gasteiger partial charge in [0, 0.05) is 13.1 Å². The van der Waals surface area contributed by atoms with Crippen LogP contribution in [0.15, 0.2) is 59.6 Å². The molecule has 0 aromatic heterocycles. The van der Waals surface area contributed by atoms with Crippen molar-refractivity contribution in [2.75, 3.05) is 25.4 Å². The number of sulfone groups is 1. The molecule has 1 unspecified atom stereocenters. The molecule has 0 fully saturated rings. The molecule has 0 aliphatic heterocycles. The largest absolute Gasteiger partial charge is 0.489 e. The summed E-state index contributed by atoms with van der Waals surface area (Å²) >= 11 is 0. The zero-order chi connectivity index (χ0) is 21.8. The summed E-state index contributed by atoms with van der Waals surface area (Å²) in [5.41, 5.74) is 0.801. The number of nitrogens with one attached hydrogen (secondary N) is 2. The maximum Gasteiger partial charge on any atom is 0.191 e. The summed E-state index contributed by atoms with van der Waals surface area (Å²) in [4.78, 5) is 4.47. The van der Waals surface area contributed by atoms with E-state index < -0.39 is 9.84 Å². The van der Waals surface area contributed by atoms with Crippen molar-refractivity contribution < 1.29 is 17.5 Å². The second-order valence-corrected chi connectivity index (χ2v) is 9.14. The van der Waals surface area contributed by atoms with E-state index in [4.69, 9.17) is 4.74 Å². The summed E-state index contributed by atoms with van der Waals surface area (Å²) in [5.74, 6) is 1.05. The predicted molar refractivity (Wildman–Crippen MR) is 134 cm³/mol. The van der Waals surface area contributed by atoms with E-state index in [0.717, 1.165) is 5.56 Å². The lowest BCUT2D eigenvalue weighted by Crippen LogP contribution is -2.39. The van der Waals surface area contributed by atoms with Gasteiger partial charge in [-0.25, -0.2) is 17.8 Å². The van der Waals surface area contributed by atoms with Crippen LogP contribution in [0.25, 0.3) is 0 Å². The summed E-state index contributed by atoms with van der Waals surface area (Å²) in [6.45, 7) is 5.42. The Bertz CT molecular complexity index is 894. The van der Waals surface area contributed by atoms with Gasteiger partial charge in [-0.3, -0.25) is 0 Å². The van der Waals surface area contributed by atoms with Crippen LogP contribution >= 0.6 is 24.0 Å². The molecule has 0 saturated carbocycles. The predicted octanol–water partition coefficient (Wildman–Crippen LogP) is 3.77. The van der Waals surface area contributed by atoms with Gasteiger partial charge in [-0.2, -0.15) is 0 Å². The highest BCUT2D eigenvalue weighted by Gasteiger charge is 2.12. The Labute approximate surface area is 201 Å². The molecule has 9 heteroatoms. The molecule has 2 N–H and O–H groups in total. The second kappa shape index (κ2) is 14.2. The lowest BCUT2D eigenvalue weighted by molar-refractivity contribution is 0.230. The van der Waals surface area contributed by atoms with Gasteiger partial charge in [-0.05, 0) is 50.1 Å². The SMILES string of the molecule is CCNC(=NCC(C)Oc1ccc(F)cc1)NCCCS(=O)(=O)Cc1ccccc1.I. The van der Waals surface area contributed by atoms with Crippen molar-refractivity contribution in [1.29, 1.82) is 0 Å². The van der Waals surface area contributed by atoms with Gasteiger partial charge in [0.05, 0.1) is 18.1 Å². The molecular weight excluding hydrogens is 532 g/mol. The van der Waals surface area contributed by atoms with Gasteiger partial charge in [0.15, 0.2) is 15.8 Å². The molecule has 2 aromatic rings. The van der Waals surface area contributed by atoms with E-state index in [0.29, 0.717) is 37.8 Å². The van der Waals surface area contributed by atoms with E-state index >= 15 is 0 Å². The van der Waals surface area contributed by atoms with Crippen molar-refractivity contribution >= 4 is 39.8 Å². The van der Waals surface area contributed by atoms with Crippen molar-refractivity contribution in [1.82, 2.24) is 10.6 Å². The third-order valence-electron chi connectivity index (χ3n) is 4.16. The Balaban J connectivity index is 0.00000480. The van der Waals surface area contributed by atoms with E-state index in [2.05, 4.69) is 15.6 Å². The maximum absolute atomic E-state index is 13.0. The zero-order valence-corrected chi connectivity index (χ0v) is 21.0. The monoisotopic (exact) mass is 563 g/mol. The molecule has 2 aromatic carbocycles. The Morgan fingerprint density at radius 1 is 1.10 bits per heavy atom. The number of rotatable bonds is 11. The Hall–Kier alpha value is -1.88. The van der Waals surface area contributed by atoms with Crippen molar-refractivity contribution in [3.05, 3.63) is 66.0 Å². The Morgan fingerprint density at radius 3 is 2.42 bits per heavy atom. The van der Waals surface area contributed by atoms with E-state index in [1.165, 1.54) is 12.1 Å². The molecule has 0 aliphatic rings. The average molecular weight is 563 g/mol. The number of benzene rings is 2. The summed E-state index contributed by atoms with van der Waals surface area (Å²) in [6.07, 6.45) is 0.290. The molecule has 172 valence electrons. The fourth-order valence-corrected chi connectivity index (χ4v) is 4.17. The first-order valence-corrected chi connectivity index (χ1v) is 11.9. The van der Waals surface area contributed by atoms with Crippen LogP contribution in [-0.4, -0.2) is 45.9 Å². The highest BCUT2D eigenvalue weighted by Crippen LogP contribution is 2.13. The number of guanidine groups is 1. The Kier molecular flexibility index (Phi) is 12.5. The van der Waals surface area contributed by atoms with Crippen LogP contribution < -0.4 is 15.4 Å². The minimum atomic E-state index is -3.16. The molecule has 0 heterocycles. The minimum absolute atomic E-state index is 0. The van der Waals surface area contributed by atoms with E-state index in [-0.39, 0.29) is 47.4 Å². The first kappa shape index (κ1) is 27.2. The highest BCUT2D eigenvalue weighted by atomic mass is 127. The lowest BCUT2D eigenvalue weighted by Gasteiger charge is -2.15. The molecule has 6 nitrogen and oxygen atoms in total. The second-order valence-electron chi connectivity index (χ2n) is 6.96. The van der Waals surface area contributed by atoms with Gasteiger partial charge in [0.1, 0.15) is 17.7 Å². The summed E-state index contributed by atoms with van der Waals surface area (Å²) in [6, 6.07) is 15.0. The van der Waals surface area contributed by atoms with Crippen molar-refractivity contribution in [2.45, 2.75) is 32.1 Å². The van der Waals surface area contributed by atoms with Gasteiger partial charge in [0.2, 0.25) is 0 Å². The van der Waals surface area contributed by atoms with Crippen LogP contribution in [0.5, 0.6) is 5.75 Å². The molecule has 0 aliphatic carbocycles. The third kappa shape index (κ3) is 11.3. The first-order valence-electron chi connectivity index (χ1n) is 10.1. The summed E-state index contributed by atoms with van der Waals surface area (Å²) in [5, 5.41) is 6.28. The average Bonchev–Trinajstić information content (AvgIpc) is 2.71. The van der Waals surface area contributed by atoms with E-state index in [9.17, 15) is 12.8 Å². The zero-order valence-electron chi connectivity index (χ0n) is 17.9. The number of halogens is 2. The van der Waals surface area contributed by atoms with Gasteiger partial charge in [-0.1, -0.05) is 30.3 Å². The number of aliphatic imine (C=N–C) groups is 1. The standard InChI is InChI=1S/C22H30FN3O3S.HI/c1-3-24-22(26-16-18(2)29-21-12-10-20(23)11-13-21)25-14-7-15-30(27,28)17-19-8-5-4-6-9-19;/h4-6,8-13,18H,3,7,14-17H2,1-2H3,(H2,24,25,26);1H.